The van der Waals surface area contributed by atoms with Crippen molar-refractivity contribution in [3.05, 3.63) is 0 Å². The zero-order chi connectivity index (χ0) is 13.5. The molecule has 102 valence electrons. The molecule has 0 rings (SSSR count). The smallest absolute Gasteiger partial charge is 0.281 e. The van der Waals surface area contributed by atoms with Crippen molar-refractivity contribution in [1.82, 2.24) is 0 Å². The van der Waals surface area contributed by atoms with Crippen LogP contribution >= 0.6 is 11.8 Å². The van der Waals surface area contributed by atoms with Crippen molar-refractivity contribution in [2.45, 2.75) is 44.5 Å². The van der Waals surface area contributed by atoms with Gasteiger partial charge in [-0.05, 0) is 6.42 Å². The summed E-state index contributed by atoms with van der Waals surface area (Å²) in [6.07, 6.45) is -6.68. The summed E-state index contributed by atoms with van der Waals surface area (Å²) < 4.78 is 63.2. The predicted molar refractivity (Wildman–Crippen MR) is 57.7 cm³/mol. The Kier molecular flexibility index (Phi) is 7.74. The molecule has 0 N–H and O–H groups in total. The lowest BCUT2D eigenvalue weighted by Crippen LogP contribution is -2.34. The predicted octanol–water partition coefficient (Wildman–Crippen LogP) is 3.72. The highest BCUT2D eigenvalue weighted by Crippen LogP contribution is 2.31. The molecule has 0 saturated heterocycles. The average molecular weight is 278 g/mol. The largest absolute Gasteiger partial charge is 0.287 e. The van der Waals surface area contributed by atoms with Crippen molar-refractivity contribution in [3.63, 3.8) is 0 Å². The van der Waals surface area contributed by atoms with Gasteiger partial charge in [-0.15, -0.1) is 0 Å². The van der Waals surface area contributed by atoms with Crippen LogP contribution in [0.4, 0.5) is 22.0 Å². The van der Waals surface area contributed by atoms with E-state index in [1.807, 2.05) is 0 Å². The van der Waals surface area contributed by atoms with Crippen LogP contribution in [0.15, 0.2) is 0 Å². The summed E-state index contributed by atoms with van der Waals surface area (Å²) in [7, 11) is 0. The summed E-state index contributed by atoms with van der Waals surface area (Å²) in [5.74, 6) is -3.97. The van der Waals surface area contributed by atoms with Crippen molar-refractivity contribution in [2.24, 2.45) is 0 Å². The molecule has 0 fully saturated rings. The Balaban J connectivity index is 4.02. The SMILES string of the molecule is CCC(=O)SCCC(F)C(F)(F)CC(F)CF. The molecule has 0 heterocycles. The van der Waals surface area contributed by atoms with E-state index >= 15 is 0 Å². The number of hydrogen-bond acceptors (Lipinski definition) is 2. The molecule has 0 saturated carbocycles. The number of carbonyl (C=O) groups is 1. The second-order valence-electron chi connectivity index (χ2n) is 3.55. The number of thioether (sulfide) groups is 1. The van der Waals surface area contributed by atoms with Crippen LogP contribution in [0.1, 0.15) is 26.2 Å². The minimum absolute atomic E-state index is 0.0873. The molecule has 0 aliphatic heterocycles. The van der Waals surface area contributed by atoms with Crippen LogP contribution in [0.2, 0.25) is 0 Å². The highest BCUT2D eigenvalue weighted by Gasteiger charge is 2.42. The zero-order valence-electron chi connectivity index (χ0n) is 9.40. The maximum atomic E-state index is 13.1. The molecule has 0 amide bonds. The molecule has 2 atom stereocenters. The first-order valence-corrected chi connectivity index (χ1v) is 6.19. The van der Waals surface area contributed by atoms with Gasteiger partial charge in [0.1, 0.15) is 12.8 Å². The number of halogens is 5. The number of hydrogen-bond donors (Lipinski definition) is 0. The molecule has 0 spiro atoms. The van der Waals surface area contributed by atoms with Gasteiger partial charge >= 0.3 is 0 Å². The molecule has 0 bridgehead atoms. The van der Waals surface area contributed by atoms with Gasteiger partial charge in [0.25, 0.3) is 5.92 Å². The Bertz CT molecular complexity index is 237. The summed E-state index contributed by atoms with van der Waals surface area (Å²) in [5, 5.41) is -0.215. The van der Waals surface area contributed by atoms with E-state index in [1.165, 1.54) is 0 Å². The van der Waals surface area contributed by atoms with Gasteiger partial charge in [0, 0.05) is 18.6 Å². The average Bonchev–Trinajstić information content (AvgIpc) is 2.27. The van der Waals surface area contributed by atoms with Gasteiger partial charge in [-0.3, -0.25) is 4.79 Å². The lowest BCUT2D eigenvalue weighted by molar-refractivity contribution is -0.110. The summed E-state index contributed by atoms with van der Waals surface area (Å²) >= 11 is 0.765. The van der Waals surface area contributed by atoms with E-state index in [1.54, 1.807) is 6.92 Å². The molecule has 0 aromatic carbocycles. The van der Waals surface area contributed by atoms with Crippen LogP contribution in [0, 0.1) is 0 Å². The van der Waals surface area contributed by atoms with Crippen molar-refractivity contribution in [1.29, 1.82) is 0 Å². The van der Waals surface area contributed by atoms with Crippen LogP contribution in [-0.4, -0.2) is 35.8 Å². The van der Waals surface area contributed by atoms with Crippen molar-refractivity contribution in [2.75, 3.05) is 12.4 Å². The number of alkyl halides is 5. The third-order valence-corrected chi connectivity index (χ3v) is 3.09. The van der Waals surface area contributed by atoms with Crippen LogP contribution < -0.4 is 0 Å². The summed E-state index contributed by atoms with van der Waals surface area (Å²) in [4.78, 5) is 10.8. The maximum absolute atomic E-state index is 13.1. The third kappa shape index (κ3) is 6.85. The molecule has 7 heteroatoms. The second kappa shape index (κ2) is 7.89. The Morgan fingerprint density at radius 1 is 1.35 bits per heavy atom. The number of rotatable bonds is 8. The van der Waals surface area contributed by atoms with E-state index in [0.29, 0.717) is 0 Å². The molecule has 2 unspecified atom stereocenters. The van der Waals surface area contributed by atoms with Gasteiger partial charge in [-0.2, -0.15) is 0 Å². The minimum Gasteiger partial charge on any atom is -0.287 e. The van der Waals surface area contributed by atoms with Gasteiger partial charge in [0.05, 0.1) is 0 Å². The van der Waals surface area contributed by atoms with E-state index in [0.717, 1.165) is 11.8 Å². The molecular weight excluding hydrogens is 263 g/mol. The Morgan fingerprint density at radius 3 is 2.41 bits per heavy atom. The van der Waals surface area contributed by atoms with Gasteiger partial charge in [-0.1, -0.05) is 18.7 Å². The lowest BCUT2D eigenvalue weighted by atomic mass is 10.1. The van der Waals surface area contributed by atoms with Gasteiger partial charge in [-0.25, -0.2) is 22.0 Å². The fourth-order valence-electron chi connectivity index (χ4n) is 1.07. The maximum Gasteiger partial charge on any atom is 0.281 e. The highest BCUT2D eigenvalue weighted by atomic mass is 32.2. The molecule has 0 aliphatic rings. The van der Waals surface area contributed by atoms with E-state index in [-0.39, 0.29) is 17.3 Å². The third-order valence-electron chi connectivity index (χ3n) is 2.04. The van der Waals surface area contributed by atoms with Gasteiger partial charge in [0.15, 0.2) is 11.3 Å². The summed E-state index contributed by atoms with van der Waals surface area (Å²) in [6.45, 7) is 0.0528. The van der Waals surface area contributed by atoms with Crippen molar-refractivity contribution < 1.29 is 26.7 Å². The van der Waals surface area contributed by atoms with Crippen LogP contribution in [-0.2, 0) is 4.79 Å². The van der Waals surface area contributed by atoms with Crippen molar-refractivity contribution in [3.8, 4) is 0 Å². The fraction of sp³-hybridized carbons (Fsp3) is 0.900. The van der Waals surface area contributed by atoms with E-state index in [9.17, 15) is 26.7 Å². The molecule has 0 aliphatic carbocycles. The van der Waals surface area contributed by atoms with E-state index in [2.05, 4.69) is 0 Å². The lowest BCUT2D eigenvalue weighted by Gasteiger charge is -2.21. The van der Waals surface area contributed by atoms with Gasteiger partial charge < -0.3 is 0 Å². The fourth-order valence-corrected chi connectivity index (χ4v) is 1.82. The molecule has 17 heavy (non-hydrogen) atoms. The quantitative estimate of drug-likeness (QED) is 0.629. The zero-order valence-corrected chi connectivity index (χ0v) is 10.2. The van der Waals surface area contributed by atoms with Crippen LogP contribution in [0.25, 0.3) is 0 Å². The molecule has 0 aromatic rings. The Labute approximate surface area is 101 Å². The Morgan fingerprint density at radius 2 is 1.94 bits per heavy atom. The summed E-state index contributed by atoms with van der Waals surface area (Å²) in [6, 6.07) is 0. The normalized spacial score (nSPS) is 15.6. The van der Waals surface area contributed by atoms with E-state index < -0.39 is 37.8 Å². The minimum atomic E-state index is -3.89. The van der Waals surface area contributed by atoms with Crippen molar-refractivity contribution >= 4 is 16.9 Å². The molecule has 0 aromatic heterocycles. The Hall–Kier alpha value is -0.330. The van der Waals surface area contributed by atoms with Gasteiger partial charge in [0.2, 0.25) is 0 Å². The highest BCUT2D eigenvalue weighted by molar-refractivity contribution is 8.13. The molecule has 0 radical (unpaired) electrons. The molecular formula is C10H15F5OS. The first kappa shape index (κ1) is 16.7. The summed E-state index contributed by atoms with van der Waals surface area (Å²) in [5.41, 5.74) is 0. The number of carbonyl (C=O) groups excluding carboxylic acids is 1. The topological polar surface area (TPSA) is 17.1 Å². The first-order chi connectivity index (χ1) is 7.83. The first-order valence-electron chi connectivity index (χ1n) is 5.21. The standard InChI is InChI=1S/C10H15F5OS/c1-2-9(16)17-4-3-8(13)10(14,15)5-7(12)6-11/h7-8H,2-6H2,1H3. The van der Waals surface area contributed by atoms with Crippen LogP contribution in [0.3, 0.4) is 0 Å². The second-order valence-corrected chi connectivity index (χ2v) is 4.70. The van der Waals surface area contributed by atoms with Crippen LogP contribution in [0.5, 0.6) is 0 Å². The monoisotopic (exact) mass is 278 g/mol. The molecule has 1 nitrogen and oxygen atoms in total. The van der Waals surface area contributed by atoms with E-state index in [4.69, 9.17) is 0 Å².